The lowest BCUT2D eigenvalue weighted by atomic mass is 10.2. The van der Waals surface area contributed by atoms with Crippen molar-refractivity contribution in [1.82, 2.24) is 25.0 Å². The number of para-hydroxylation sites is 1. The first-order valence-corrected chi connectivity index (χ1v) is 8.77. The quantitative estimate of drug-likeness (QED) is 0.711. The van der Waals surface area contributed by atoms with Gasteiger partial charge in [0.25, 0.3) is 5.56 Å². The maximum Gasteiger partial charge on any atom is 0.258 e. The summed E-state index contributed by atoms with van der Waals surface area (Å²) in [5, 5.41) is 4.23. The van der Waals surface area contributed by atoms with Crippen molar-refractivity contribution < 1.29 is 9.32 Å². The maximum atomic E-state index is 12.2. The maximum absolute atomic E-state index is 12.2. The molecule has 3 rings (SSSR count). The molecule has 0 aliphatic rings. The third-order valence-corrected chi connectivity index (χ3v) is 4.40. The van der Waals surface area contributed by atoms with Gasteiger partial charge in [-0.15, -0.1) is 11.8 Å². The van der Waals surface area contributed by atoms with Crippen LogP contribution < -0.4 is 5.56 Å². The molecule has 0 saturated heterocycles. The van der Waals surface area contributed by atoms with Gasteiger partial charge >= 0.3 is 0 Å². The van der Waals surface area contributed by atoms with Crippen molar-refractivity contribution in [2.75, 3.05) is 12.8 Å². The second-order valence-corrected chi connectivity index (χ2v) is 6.49. The summed E-state index contributed by atoms with van der Waals surface area (Å²) in [7, 11) is 1.68. The Morgan fingerprint density at radius 1 is 1.32 bits per heavy atom. The smallest absolute Gasteiger partial charge is 0.258 e. The van der Waals surface area contributed by atoms with Crippen LogP contribution >= 0.6 is 11.8 Å². The number of carbonyl (C=O) groups excluding carboxylic acids is 1. The minimum Gasteiger partial charge on any atom is -0.338 e. The number of nitrogens with zero attached hydrogens (tertiary/aromatic N) is 4. The molecule has 0 spiro atoms. The molecule has 2 heterocycles. The number of carbonyl (C=O) groups is 1. The zero-order valence-electron chi connectivity index (χ0n) is 13.9. The summed E-state index contributed by atoms with van der Waals surface area (Å²) in [5.74, 6) is 2.21. The molecule has 0 bridgehead atoms. The van der Waals surface area contributed by atoms with Gasteiger partial charge in [0.2, 0.25) is 11.8 Å². The van der Waals surface area contributed by atoms with E-state index >= 15 is 0 Å². The van der Waals surface area contributed by atoms with Gasteiger partial charge < -0.3 is 14.4 Å². The van der Waals surface area contributed by atoms with Gasteiger partial charge in [-0.3, -0.25) is 9.59 Å². The lowest BCUT2D eigenvalue weighted by molar-refractivity contribution is -0.127. The van der Waals surface area contributed by atoms with Gasteiger partial charge in [-0.1, -0.05) is 17.3 Å². The van der Waals surface area contributed by atoms with E-state index in [0.717, 1.165) is 0 Å². The summed E-state index contributed by atoms with van der Waals surface area (Å²) >= 11 is 1.39. The average Bonchev–Trinajstić information content (AvgIpc) is 3.00. The number of rotatable bonds is 6. The molecular weight excluding hydrogens is 342 g/mol. The number of thioether (sulfide) groups is 1. The van der Waals surface area contributed by atoms with Crippen molar-refractivity contribution in [3.63, 3.8) is 0 Å². The van der Waals surface area contributed by atoms with E-state index < -0.39 is 0 Å². The summed E-state index contributed by atoms with van der Waals surface area (Å²) in [6.45, 7) is 1.98. The molecule has 8 nitrogen and oxygen atoms in total. The first-order valence-electron chi connectivity index (χ1n) is 7.62. The largest absolute Gasteiger partial charge is 0.338 e. The van der Waals surface area contributed by atoms with Crippen molar-refractivity contribution in [2.24, 2.45) is 0 Å². The van der Waals surface area contributed by atoms with Crippen molar-refractivity contribution in [2.45, 2.75) is 19.2 Å². The number of aromatic amines is 1. The predicted molar refractivity (Wildman–Crippen MR) is 94.0 cm³/mol. The highest BCUT2D eigenvalue weighted by atomic mass is 32.2. The van der Waals surface area contributed by atoms with Gasteiger partial charge in [-0.05, 0) is 19.1 Å². The molecule has 3 aromatic rings. The summed E-state index contributed by atoms with van der Waals surface area (Å²) < 4.78 is 5.00. The third kappa shape index (κ3) is 4.24. The highest BCUT2D eigenvalue weighted by Crippen LogP contribution is 2.12. The van der Waals surface area contributed by atoms with Crippen molar-refractivity contribution >= 4 is 28.6 Å². The van der Waals surface area contributed by atoms with Gasteiger partial charge in [0.15, 0.2) is 5.82 Å². The van der Waals surface area contributed by atoms with Gasteiger partial charge in [0.05, 0.1) is 29.0 Å². The minimum atomic E-state index is -0.206. The molecule has 0 fully saturated rings. The topological polar surface area (TPSA) is 105 Å². The highest BCUT2D eigenvalue weighted by Gasteiger charge is 2.13. The van der Waals surface area contributed by atoms with E-state index in [1.54, 1.807) is 32.2 Å². The molecule has 2 aromatic heterocycles. The Balaban J connectivity index is 1.58. The van der Waals surface area contributed by atoms with Crippen LogP contribution in [0.3, 0.4) is 0 Å². The number of H-pyrrole nitrogens is 1. The molecule has 1 N–H and O–H groups in total. The summed E-state index contributed by atoms with van der Waals surface area (Å²) in [5.41, 5.74) is 0.408. The monoisotopic (exact) mass is 359 g/mol. The second-order valence-electron chi connectivity index (χ2n) is 5.51. The van der Waals surface area contributed by atoms with Crippen molar-refractivity contribution in [1.29, 1.82) is 0 Å². The summed E-state index contributed by atoms with van der Waals surface area (Å²) in [6, 6.07) is 7.10. The number of benzene rings is 1. The first-order chi connectivity index (χ1) is 12.0. The molecule has 1 aromatic carbocycles. The molecule has 0 aliphatic heterocycles. The van der Waals surface area contributed by atoms with Crippen molar-refractivity contribution in [3.8, 4) is 0 Å². The molecule has 0 radical (unpaired) electrons. The first kappa shape index (κ1) is 17.2. The van der Waals surface area contributed by atoms with Gasteiger partial charge in [0.1, 0.15) is 5.82 Å². The highest BCUT2D eigenvalue weighted by molar-refractivity contribution is 7.99. The zero-order valence-corrected chi connectivity index (χ0v) is 14.7. The van der Waals surface area contributed by atoms with E-state index in [0.29, 0.717) is 34.2 Å². The Kier molecular flexibility index (Phi) is 5.13. The molecule has 0 saturated carbocycles. The lowest BCUT2D eigenvalue weighted by Gasteiger charge is -2.16. The predicted octanol–water partition coefficient (Wildman–Crippen LogP) is 1.51. The number of nitrogens with one attached hydrogen (secondary N) is 1. The summed E-state index contributed by atoms with van der Waals surface area (Å²) in [6.07, 6.45) is 0. The Morgan fingerprint density at radius 2 is 2.12 bits per heavy atom. The van der Waals surface area contributed by atoms with E-state index in [4.69, 9.17) is 4.52 Å². The van der Waals surface area contributed by atoms with E-state index in [2.05, 4.69) is 20.1 Å². The number of amides is 1. The third-order valence-electron chi connectivity index (χ3n) is 3.50. The Hall–Kier alpha value is -2.68. The fourth-order valence-electron chi connectivity index (χ4n) is 2.26. The van der Waals surface area contributed by atoms with Gasteiger partial charge in [-0.2, -0.15) is 4.98 Å². The standard InChI is InChI=1S/C16H17N5O3S/c1-10-17-14(24-20-10)8-25-9-15(22)21(2)7-13-18-12-6-4-3-5-11(12)16(23)19-13/h3-6H,7-9H2,1-2H3,(H,18,19,23). The van der Waals surface area contributed by atoms with Crippen LogP contribution in [-0.4, -0.2) is 43.7 Å². The van der Waals surface area contributed by atoms with Crippen LogP contribution in [0.1, 0.15) is 17.5 Å². The SMILES string of the molecule is Cc1noc(CSCC(=O)N(C)Cc2nc3ccccc3c(=O)[nH]2)n1. The molecule has 9 heteroatoms. The van der Waals surface area contributed by atoms with Crippen LogP contribution in [0.4, 0.5) is 0 Å². The minimum absolute atomic E-state index is 0.0722. The Bertz CT molecular complexity index is 952. The number of aromatic nitrogens is 4. The normalized spacial score (nSPS) is 11.0. The fourth-order valence-corrected chi connectivity index (χ4v) is 3.05. The number of fused-ring (bicyclic) bond motifs is 1. The molecule has 1 amide bonds. The molecule has 130 valence electrons. The van der Waals surface area contributed by atoms with Crippen molar-refractivity contribution in [3.05, 3.63) is 52.2 Å². The lowest BCUT2D eigenvalue weighted by Crippen LogP contribution is -2.29. The average molecular weight is 359 g/mol. The van der Waals surface area contributed by atoms with Crippen LogP contribution in [0, 0.1) is 6.92 Å². The molecule has 25 heavy (non-hydrogen) atoms. The molecular formula is C16H17N5O3S. The van der Waals surface area contributed by atoms with E-state index in [1.807, 2.05) is 6.07 Å². The number of hydrogen-bond donors (Lipinski definition) is 1. The van der Waals surface area contributed by atoms with E-state index in [9.17, 15) is 9.59 Å². The summed E-state index contributed by atoms with van der Waals surface area (Å²) in [4.78, 5) is 37.0. The van der Waals surface area contributed by atoms with Crippen LogP contribution in [-0.2, 0) is 17.1 Å². The van der Waals surface area contributed by atoms with Crippen LogP contribution in [0.25, 0.3) is 10.9 Å². The van der Waals surface area contributed by atoms with E-state index in [-0.39, 0.29) is 23.8 Å². The zero-order chi connectivity index (χ0) is 17.8. The van der Waals surface area contributed by atoms with Crippen LogP contribution in [0.2, 0.25) is 0 Å². The van der Waals surface area contributed by atoms with Gasteiger partial charge in [-0.25, -0.2) is 4.98 Å². The molecule has 0 aliphatic carbocycles. The van der Waals surface area contributed by atoms with E-state index in [1.165, 1.54) is 16.7 Å². The molecule has 0 unspecified atom stereocenters. The van der Waals surface area contributed by atoms with Gasteiger partial charge in [0, 0.05) is 7.05 Å². The molecule has 0 atom stereocenters. The Labute approximate surface area is 147 Å². The Morgan fingerprint density at radius 3 is 2.88 bits per heavy atom. The number of aryl methyl sites for hydroxylation is 1. The number of hydrogen-bond acceptors (Lipinski definition) is 7. The van der Waals surface area contributed by atoms with Crippen LogP contribution in [0.5, 0.6) is 0 Å². The van der Waals surface area contributed by atoms with Crippen LogP contribution in [0.15, 0.2) is 33.6 Å². The fraction of sp³-hybridized carbons (Fsp3) is 0.312. The second kappa shape index (κ2) is 7.47.